The third-order valence-electron chi connectivity index (χ3n) is 4.36. The molecule has 2 bridgehead atoms. The number of carbonyl (C=O) groups excluding carboxylic acids is 1. The quantitative estimate of drug-likeness (QED) is 0.890. The smallest absolute Gasteiger partial charge is 0.310 e. The first-order valence-corrected chi connectivity index (χ1v) is 8.30. The van der Waals surface area contributed by atoms with Crippen LogP contribution >= 0.6 is 11.3 Å². The highest BCUT2D eigenvalue weighted by atomic mass is 32.1. The molecule has 0 spiro atoms. The van der Waals surface area contributed by atoms with Crippen molar-refractivity contribution in [1.82, 2.24) is 4.98 Å². The summed E-state index contributed by atoms with van der Waals surface area (Å²) in [4.78, 5) is 28.3. The van der Waals surface area contributed by atoms with E-state index in [1.807, 2.05) is 5.38 Å². The van der Waals surface area contributed by atoms with Crippen LogP contribution in [0.2, 0.25) is 0 Å². The number of amides is 1. The fourth-order valence-corrected chi connectivity index (χ4v) is 4.13. The Morgan fingerprint density at radius 1 is 1.32 bits per heavy atom. The van der Waals surface area contributed by atoms with Crippen LogP contribution in [-0.4, -0.2) is 34.2 Å². The Hall–Kier alpha value is -1.47. The summed E-state index contributed by atoms with van der Waals surface area (Å²) in [7, 11) is 0. The Bertz CT molecular complexity index is 607. The molecule has 0 aliphatic carbocycles. The summed E-state index contributed by atoms with van der Waals surface area (Å²) in [5.41, 5.74) is 0.824. The molecule has 2 saturated heterocycles. The second kappa shape index (κ2) is 5.31. The lowest BCUT2D eigenvalue weighted by Gasteiger charge is -2.23. The molecule has 120 valence electrons. The van der Waals surface area contributed by atoms with Crippen molar-refractivity contribution in [3.05, 3.63) is 11.1 Å². The van der Waals surface area contributed by atoms with E-state index in [4.69, 9.17) is 4.74 Å². The van der Waals surface area contributed by atoms with E-state index < -0.39 is 17.8 Å². The summed E-state index contributed by atoms with van der Waals surface area (Å²) in [6.07, 6.45) is 0.849. The van der Waals surface area contributed by atoms with E-state index >= 15 is 0 Å². The molecule has 7 heteroatoms. The van der Waals surface area contributed by atoms with Crippen molar-refractivity contribution in [1.29, 1.82) is 0 Å². The molecular weight excluding hydrogens is 304 g/mol. The topological polar surface area (TPSA) is 88.5 Å². The Labute approximate surface area is 132 Å². The number of aromatic nitrogens is 1. The fraction of sp³-hybridized carbons (Fsp3) is 0.667. The van der Waals surface area contributed by atoms with Crippen LogP contribution in [0.15, 0.2) is 5.38 Å². The van der Waals surface area contributed by atoms with Gasteiger partial charge in [0.2, 0.25) is 5.91 Å². The first-order chi connectivity index (χ1) is 10.3. The Kier molecular flexibility index (Phi) is 3.72. The summed E-state index contributed by atoms with van der Waals surface area (Å²) in [5.74, 6) is -2.63. The molecule has 2 fully saturated rings. The minimum atomic E-state index is -0.957. The van der Waals surface area contributed by atoms with Gasteiger partial charge in [-0.05, 0) is 12.8 Å². The number of carboxylic acids is 1. The van der Waals surface area contributed by atoms with E-state index in [0.29, 0.717) is 5.13 Å². The Balaban J connectivity index is 1.74. The largest absolute Gasteiger partial charge is 0.481 e. The van der Waals surface area contributed by atoms with Gasteiger partial charge in [0, 0.05) is 10.8 Å². The molecule has 0 saturated carbocycles. The van der Waals surface area contributed by atoms with Crippen molar-refractivity contribution < 1.29 is 19.4 Å². The summed E-state index contributed by atoms with van der Waals surface area (Å²) in [6.45, 7) is 6.16. The second-order valence-electron chi connectivity index (χ2n) is 6.96. The molecule has 1 aromatic rings. The zero-order chi connectivity index (χ0) is 16.1. The zero-order valence-corrected chi connectivity index (χ0v) is 13.6. The molecule has 2 N–H and O–H groups in total. The van der Waals surface area contributed by atoms with Crippen LogP contribution in [0, 0.1) is 11.8 Å². The van der Waals surface area contributed by atoms with E-state index in [0.717, 1.165) is 18.5 Å². The average Bonchev–Trinajstić information content (AvgIpc) is 3.11. The maximum atomic E-state index is 12.5. The van der Waals surface area contributed by atoms with Crippen LogP contribution in [0.3, 0.4) is 0 Å². The first-order valence-electron chi connectivity index (χ1n) is 7.42. The van der Waals surface area contributed by atoms with E-state index in [9.17, 15) is 14.7 Å². The number of hydrogen-bond donors (Lipinski definition) is 2. The van der Waals surface area contributed by atoms with Crippen molar-refractivity contribution >= 4 is 28.3 Å². The number of thiazole rings is 1. The molecule has 22 heavy (non-hydrogen) atoms. The van der Waals surface area contributed by atoms with Gasteiger partial charge in [-0.25, -0.2) is 4.98 Å². The van der Waals surface area contributed by atoms with Crippen molar-refractivity contribution in [2.45, 2.75) is 51.2 Å². The van der Waals surface area contributed by atoms with Gasteiger partial charge in [-0.1, -0.05) is 20.8 Å². The van der Waals surface area contributed by atoms with E-state index in [1.165, 1.54) is 11.3 Å². The van der Waals surface area contributed by atoms with Crippen molar-refractivity contribution in [2.24, 2.45) is 11.8 Å². The lowest BCUT2D eigenvalue weighted by molar-refractivity contribution is -0.147. The van der Waals surface area contributed by atoms with Gasteiger partial charge in [0.15, 0.2) is 5.13 Å². The number of ether oxygens (including phenoxy) is 1. The summed E-state index contributed by atoms with van der Waals surface area (Å²) >= 11 is 1.36. The lowest BCUT2D eigenvalue weighted by Crippen LogP contribution is -2.40. The zero-order valence-electron chi connectivity index (χ0n) is 12.8. The Morgan fingerprint density at radius 3 is 2.50 bits per heavy atom. The molecule has 1 aromatic heterocycles. The lowest BCUT2D eigenvalue weighted by atomic mass is 9.79. The highest BCUT2D eigenvalue weighted by Gasteiger charge is 2.55. The maximum Gasteiger partial charge on any atom is 0.310 e. The van der Waals surface area contributed by atoms with Gasteiger partial charge in [-0.15, -0.1) is 11.3 Å². The highest BCUT2D eigenvalue weighted by molar-refractivity contribution is 7.13. The van der Waals surface area contributed by atoms with Crippen LogP contribution in [0.5, 0.6) is 0 Å². The monoisotopic (exact) mass is 324 g/mol. The number of carbonyl (C=O) groups is 2. The van der Waals surface area contributed by atoms with Crippen LogP contribution < -0.4 is 5.32 Å². The summed E-state index contributed by atoms with van der Waals surface area (Å²) < 4.78 is 5.62. The van der Waals surface area contributed by atoms with Crippen molar-refractivity contribution in [3.63, 3.8) is 0 Å². The number of aliphatic carboxylic acids is 1. The van der Waals surface area contributed by atoms with Crippen LogP contribution in [0.1, 0.15) is 39.3 Å². The third-order valence-corrected chi connectivity index (χ3v) is 5.12. The van der Waals surface area contributed by atoms with E-state index in [-0.39, 0.29) is 23.5 Å². The van der Waals surface area contributed by atoms with Gasteiger partial charge in [0.1, 0.15) is 0 Å². The van der Waals surface area contributed by atoms with Crippen LogP contribution in [0.25, 0.3) is 0 Å². The standard InChI is InChI=1S/C15H20N2O4S/c1-15(2,3)9-6-22-14(16-9)17-12(18)10-7-4-5-8(21-7)11(10)13(19)20/h6-8,10-11H,4-5H2,1-3H3,(H,19,20)(H,16,17,18)/t7-,8-,10+,11+/m1/s1. The minimum absolute atomic E-state index is 0.0847. The van der Waals surface area contributed by atoms with E-state index in [1.54, 1.807) is 0 Å². The molecular formula is C15H20N2O4S. The van der Waals surface area contributed by atoms with Gasteiger partial charge in [-0.2, -0.15) is 0 Å². The van der Waals surface area contributed by atoms with E-state index in [2.05, 4.69) is 31.1 Å². The van der Waals surface area contributed by atoms with Crippen LogP contribution in [0.4, 0.5) is 5.13 Å². The fourth-order valence-electron chi connectivity index (χ4n) is 3.19. The summed E-state index contributed by atoms with van der Waals surface area (Å²) in [6, 6.07) is 0. The van der Waals surface area contributed by atoms with Gasteiger partial charge >= 0.3 is 5.97 Å². The maximum absolute atomic E-state index is 12.5. The van der Waals surface area contributed by atoms with Crippen molar-refractivity contribution in [2.75, 3.05) is 5.32 Å². The SMILES string of the molecule is CC(C)(C)c1csc(NC(=O)[C@@H]2[C@@H](C(=O)O)[C@H]3CC[C@H]2O3)n1. The number of hydrogen-bond acceptors (Lipinski definition) is 5. The predicted molar refractivity (Wildman–Crippen MR) is 82.0 cm³/mol. The van der Waals surface area contributed by atoms with Gasteiger partial charge in [0.25, 0.3) is 0 Å². The minimum Gasteiger partial charge on any atom is -0.481 e. The highest BCUT2D eigenvalue weighted by Crippen LogP contribution is 2.44. The molecule has 3 rings (SSSR count). The third kappa shape index (κ3) is 2.63. The number of carboxylic acid groups (broad SMARTS) is 1. The summed E-state index contributed by atoms with van der Waals surface area (Å²) in [5, 5.41) is 14.6. The average molecular weight is 324 g/mol. The number of rotatable bonds is 3. The molecule has 2 aliphatic heterocycles. The van der Waals surface area contributed by atoms with Crippen LogP contribution in [-0.2, 0) is 19.7 Å². The molecule has 0 radical (unpaired) electrons. The molecule has 3 heterocycles. The van der Waals surface area contributed by atoms with Gasteiger partial charge in [-0.3, -0.25) is 9.59 Å². The molecule has 4 atom stereocenters. The van der Waals surface area contributed by atoms with Gasteiger partial charge < -0.3 is 15.2 Å². The number of fused-ring (bicyclic) bond motifs is 2. The number of anilines is 1. The molecule has 0 aromatic carbocycles. The Morgan fingerprint density at radius 2 is 1.95 bits per heavy atom. The molecule has 2 aliphatic rings. The van der Waals surface area contributed by atoms with Gasteiger partial charge in [0.05, 0.1) is 29.7 Å². The predicted octanol–water partition coefficient (Wildman–Crippen LogP) is 2.26. The molecule has 0 unspecified atom stereocenters. The number of nitrogens with zero attached hydrogens (tertiary/aromatic N) is 1. The first kappa shape index (κ1) is 15.4. The van der Waals surface area contributed by atoms with Crippen molar-refractivity contribution in [3.8, 4) is 0 Å². The normalized spacial score (nSPS) is 30.5. The number of nitrogens with one attached hydrogen (secondary N) is 1. The molecule has 6 nitrogen and oxygen atoms in total. The molecule has 1 amide bonds. The second-order valence-corrected chi connectivity index (χ2v) is 7.82.